The van der Waals surface area contributed by atoms with E-state index in [0.29, 0.717) is 0 Å². The fourth-order valence-corrected chi connectivity index (χ4v) is 3.34. The number of ether oxygens (including phenoxy) is 1. The number of nitrogens with zero attached hydrogens (tertiary/aromatic N) is 1. The molecule has 2 unspecified atom stereocenters. The third kappa shape index (κ3) is 4.60. The molecule has 25 heavy (non-hydrogen) atoms. The minimum atomic E-state index is 0.00146. The summed E-state index contributed by atoms with van der Waals surface area (Å²) >= 11 is 0. The zero-order chi connectivity index (χ0) is 17.6. The van der Waals surface area contributed by atoms with Crippen molar-refractivity contribution in [1.82, 2.24) is 10.2 Å². The Hall–Kier alpha value is -2.33. The molecule has 3 rings (SSSR count). The molecule has 2 atom stereocenters. The van der Waals surface area contributed by atoms with E-state index in [4.69, 9.17) is 4.74 Å². The predicted molar refractivity (Wildman–Crippen MR) is 99.4 cm³/mol. The molecule has 0 radical (unpaired) electrons. The summed E-state index contributed by atoms with van der Waals surface area (Å²) in [5.41, 5.74) is 2.39. The maximum absolute atomic E-state index is 12.6. The number of methoxy groups -OCH3 is 1. The van der Waals surface area contributed by atoms with Gasteiger partial charge in [-0.1, -0.05) is 42.5 Å². The Morgan fingerprint density at radius 1 is 1.20 bits per heavy atom. The lowest BCUT2D eigenvalue weighted by molar-refractivity contribution is -0.125. The molecule has 132 valence electrons. The Morgan fingerprint density at radius 3 is 2.60 bits per heavy atom. The highest BCUT2D eigenvalue weighted by Crippen LogP contribution is 2.21. The largest absolute Gasteiger partial charge is 0.497 e. The van der Waals surface area contributed by atoms with Crippen LogP contribution in [0.5, 0.6) is 5.75 Å². The molecule has 1 fully saturated rings. The first-order valence-corrected chi connectivity index (χ1v) is 8.86. The third-order valence-electron chi connectivity index (χ3n) is 4.87. The van der Waals surface area contributed by atoms with Crippen molar-refractivity contribution < 1.29 is 9.53 Å². The van der Waals surface area contributed by atoms with Gasteiger partial charge in [0.05, 0.1) is 19.1 Å². The molecule has 2 aromatic carbocycles. The molecule has 1 aliphatic heterocycles. The molecule has 0 saturated carbocycles. The molecule has 2 aromatic rings. The average Bonchev–Trinajstić information content (AvgIpc) is 3.11. The van der Waals surface area contributed by atoms with Gasteiger partial charge in [0.25, 0.3) is 0 Å². The lowest BCUT2D eigenvalue weighted by Gasteiger charge is -2.19. The quantitative estimate of drug-likeness (QED) is 0.878. The molecule has 0 aromatic heterocycles. The summed E-state index contributed by atoms with van der Waals surface area (Å²) in [4.78, 5) is 14.9. The van der Waals surface area contributed by atoms with Crippen LogP contribution >= 0.6 is 0 Å². The van der Waals surface area contributed by atoms with Crippen LogP contribution < -0.4 is 10.1 Å². The van der Waals surface area contributed by atoms with Crippen LogP contribution in [-0.2, 0) is 11.3 Å². The highest BCUT2D eigenvalue weighted by atomic mass is 16.5. The van der Waals surface area contributed by atoms with Crippen LogP contribution in [0.15, 0.2) is 54.6 Å². The second-order valence-electron chi connectivity index (χ2n) is 6.71. The van der Waals surface area contributed by atoms with Crippen molar-refractivity contribution in [3.05, 3.63) is 65.7 Å². The van der Waals surface area contributed by atoms with Crippen molar-refractivity contribution in [3.8, 4) is 5.75 Å². The van der Waals surface area contributed by atoms with Gasteiger partial charge in [0.15, 0.2) is 0 Å². The van der Waals surface area contributed by atoms with Gasteiger partial charge in [-0.15, -0.1) is 0 Å². The normalized spacial score (nSPS) is 18.7. The summed E-state index contributed by atoms with van der Waals surface area (Å²) in [5, 5.41) is 3.15. The molecule has 0 bridgehead atoms. The fraction of sp³-hybridized carbons (Fsp3) is 0.381. The van der Waals surface area contributed by atoms with Crippen molar-refractivity contribution in [2.24, 2.45) is 5.92 Å². The molecule has 4 heteroatoms. The van der Waals surface area contributed by atoms with Crippen LogP contribution in [0.25, 0.3) is 0 Å². The summed E-state index contributed by atoms with van der Waals surface area (Å²) in [7, 11) is 1.65. The number of hydrogen-bond donors (Lipinski definition) is 1. The minimum absolute atomic E-state index is 0.00146. The molecular weight excluding hydrogens is 312 g/mol. The number of hydrogen-bond acceptors (Lipinski definition) is 3. The Morgan fingerprint density at radius 2 is 1.92 bits per heavy atom. The number of carbonyl (C=O) groups is 1. The Labute approximate surface area is 149 Å². The van der Waals surface area contributed by atoms with Crippen LogP contribution in [-0.4, -0.2) is 31.0 Å². The average molecular weight is 338 g/mol. The van der Waals surface area contributed by atoms with Gasteiger partial charge in [-0.05, 0) is 43.1 Å². The van der Waals surface area contributed by atoms with E-state index in [1.165, 1.54) is 5.56 Å². The summed E-state index contributed by atoms with van der Waals surface area (Å²) < 4.78 is 5.18. The van der Waals surface area contributed by atoms with E-state index in [9.17, 15) is 4.79 Å². The summed E-state index contributed by atoms with van der Waals surface area (Å²) in [5.74, 6) is 1.05. The highest BCUT2D eigenvalue weighted by molar-refractivity contribution is 5.79. The van der Waals surface area contributed by atoms with Gasteiger partial charge in [0, 0.05) is 13.1 Å². The van der Waals surface area contributed by atoms with Crippen molar-refractivity contribution >= 4 is 5.91 Å². The topological polar surface area (TPSA) is 41.6 Å². The molecular formula is C21H26N2O2. The van der Waals surface area contributed by atoms with E-state index < -0.39 is 0 Å². The van der Waals surface area contributed by atoms with E-state index in [1.54, 1.807) is 7.11 Å². The van der Waals surface area contributed by atoms with Gasteiger partial charge in [-0.2, -0.15) is 0 Å². The third-order valence-corrected chi connectivity index (χ3v) is 4.87. The number of carbonyl (C=O) groups excluding carboxylic acids is 1. The number of likely N-dealkylation sites (tertiary alicyclic amines) is 1. The number of rotatable bonds is 6. The van der Waals surface area contributed by atoms with Crippen LogP contribution in [0.1, 0.15) is 30.5 Å². The fourth-order valence-electron chi connectivity index (χ4n) is 3.34. The first-order valence-electron chi connectivity index (χ1n) is 8.86. The van der Waals surface area contributed by atoms with Crippen molar-refractivity contribution in [1.29, 1.82) is 0 Å². The Bertz CT molecular complexity index is 685. The van der Waals surface area contributed by atoms with Gasteiger partial charge in [-0.25, -0.2) is 0 Å². The number of benzene rings is 2. The predicted octanol–water partition coefficient (Wildman–Crippen LogP) is 3.39. The van der Waals surface area contributed by atoms with E-state index in [2.05, 4.69) is 34.5 Å². The smallest absolute Gasteiger partial charge is 0.224 e. The first kappa shape index (κ1) is 17.5. The zero-order valence-electron chi connectivity index (χ0n) is 14.9. The van der Waals surface area contributed by atoms with Gasteiger partial charge in [0.1, 0.15) is 5.75 Å². The highest BCUT2D eigenvalue weighted by Gasteiger charge is 2.28. The molecule has 1 aliphatic rings. The van der Waals surface area contributed by atoms with Crippen molar-refractivity contribution in [2.45, 2.75) is 25.9 Å². The number of amides is 1. The van der Waals surface area contributed by atoms with Crippen molar-refractivity contribution in [2.75, 3.05) is 20.2 Å². The Balaban J connectivity index is 1.51. The summed E-state index contributed by atoms with van der Waals surface area (Å²) in [6.45, 7) is 4.75. The Kier molecular flexibility index (Phi) is 5.71. The van der Waals surface area contributed by atoms with E-state index in [-0.39, 0.29) is 17.9 Å². The van der Waals surface area contributed by atoms with Crippen LogP contribution in [0, 0.1) is 5.92 Å². The van der Waals surface area contributed by atoms with Crippen molar-refractivity contribution in [3.63, 3.8) is 0 Å². The standard InChI is InChI=1S/C21H26N2O2/c1-16(18-8-10-20(25-2)11-9-18)22-21(24)19-12-13-23(15-19)14-17-6-4-3-5-7-17/h3-11,16,19H,12-15H2,1-2H3,(H,22,24). The second kappa shape index (κ2) is 8.17. The van der Waals surface area contributed by atoms with Gasteiger partial charge < -0.3 is 10.1 Å². The first-order chi connectivity index (χ1) is 12.2. The molecule has 4 nitrogen and oxygen atoms in total. The minimum Gasteiger partial charge on any atom is -0.497 e. The molecule has 1 heterocycles. The maximum Gasteiger partial charge on any atom is 0.224 e. The maximum atomic E-state index is 12.6. The molecule has 1 amide bonds. The monoisotopic (exact) mass is 338 g/mol. The SMILES string of the molecule is COc1ccc(C(C)NC(=O)C2CCN(Cc3ccccc3)C2)cc1. The lowest BCUT2D eigenvalue weighted by atomic mass is 10.0. The van der Waals surface area contributed by atoms with Gasteiger partial charge in [-0.3, -0.25) is 9.69 Å². The zero-order valence-corrected chi connectivity index (χ0v) is 14.9. The van der Waals surface area contributed by atoms with E-state index in [1.807, 2.05) is 37.3 Å². The summed E-state index contributed by atoms with van der Waals surface area (Å²) in [6.07, 6.45) is 0.925. The van der Waals surface area contributed by atoms with E-state index in [0.717, 1.165) is 37.4 Å². The molecule has 0 aliphatic carbocycles. The number of nitrogens with one attached hydrogen (secondary N) is 1. The molecule has 1 saturated heterocycles. The molecule has 1 N–H and O–H groups in total. The van der Waals surface area contributed by atoms with Gasteiger partial charge >= 0.3 is 0 Å². The van der Waals surface area contributed by atoms with E-state index >= 15 is 0 Å². The second-order valence-corrected chi connectivity index (χ2v) is 6.71. The lowest BCUT2D eigenvalue weighted by Crippen LogP contribution is -2.34. The van der Waals surface area contributed by atoms with Crippen LogP contribution in [0.4, 0.5) is 0 Å². The van der Waals surface area contributed by atoms with Gasteiger partial charge in [0.2, 0.25) is 5.91 Å². The summed E-state index contributed by atoms with van der Waals surface area (Å²) in [6, 6.07) is 18.3. The molecule has 0 spiro atoms. The van der Waals surface area contributed by atoms with Crippen LogP contribution in [0.2, 0.25) is 0 Å². The van der Waals surface area contributed by atoms with Crippen LogP contribution in [0.3, 0.4) is 0 Å².